The van der Waals surface area contributed by atoms with Crippen molar-refractivity contribution in [3.05, 3.63) is 23.7 Å². The van der Waals surface area contributed by atoms with Gasteiger partial charge < -0.3 is 5.73 Å². The van der Waals surface area contributed by atoms with Crippen LogP contribution >= 0.6 is 22.9 Å². The summed E-state index contributed by atoms with van der Waals surface area (Å²) in [6.45, 7) is 0. The lowest BCUT2D eigenvalue weighted by Crippen LogP contribution is -1.84. The van der Waals surface area contributed by atoms with Crippen LogP contribution in [-0.4, -0.2) is 14.3 Å². The van der Waals surface area contributed by atoms with Gasteiger partial charge in [-0.1, -0.05) is 0 Å². The fourth-order valence-corrected chi connectivity index (χ4v) is 2.55. The van der Waals surface area contributed by atoms with Crippen LogP contribution in [0.4, 0.5) is 5.13 Å². The number of rotatable bonds is 1. The Bertz CT molecular complexity index is 613. The van der Waals surface area contributed by atoms with Gasteiger partial charge in [0.1, 0.15) is 0 Å². The molecule has 3 rings (SSSR count). The van der Waals surface area contributed by atoms with Crippen molar-refractivity contribution in [1.82, 2.24) is 14.3 Å². The average molecular weight is 234 g/mol. The average Bonchev–Trinajstić information content (AvgIpc) is 2.84. The van der Waals surface area contributed by atoms with E-state index in [-0.39, 0.29) is 0 Å². The smallest absolute Gasteiger partial charge is 0.200 e. The number of thiophene rings is 1. The molecule has 0 unspecified atom stereocenters. The minimum atomic E-state index is 0.483. The summed E-state index contributed by atoms with van der Waals surface area (Å²) in [4.78, 5) is 8.44. The molecule has 6 heteroatoms. The van der Waals surface area contributed by atoms with Crippen LogP contribution in [0.15, 0.2) is 23.7 Å². The van der Waals surface area contributed by atoms with Crippen LogP contribution in [0, 0.1) is 0 Å². The maximum atomic E-state index is 5.54. The minimum absolute atomic E-state index is 0.483. The standard InChI is InChI=1S/C9H6N4S2/c10-9-12-8(13-15-9)5-3-7-6(11-4-5)1-2-14-7/h1-4H,(H2,10,12,13). The first kappa shape index (κ1) is 8.75. The summed E-state index contributed by atoms with van der Waals surface area (Å²) in [5.74, 6) is 0.653. The van der Waals surface area contributed by atoms with Gasteiger partial charge in [0.15, 0.2) is 11.0 Å². The Balaban J connectivity index is 2.18. The highest BCUT2D eigenvalue weighted by Gasteiger charge is 2.06. The molecule has 0 amide bonds. The number of hydrogen-bond acceptors (Lipinski definition) is 6. The van der Waals surface area contributed by atoms with E-state index in [9.17, 15) is 0 Å². The normalized spacial score (nSPS) is 10.9. The lowest BCUT2D eigenvalue weighted by Gasteiger charge is -1.94. The van der Waals surface area contributed by atoms with Crippen LogP contribution in [-0.2, 0) is 0 Å². The van der Waals surface area contributed by atoms with Gasteiger partial charge in [-0.05, 0) is 17.5 Å². The topological polar surface area (TPSA) is 64.7 Å². The molecular weight excluding hydrogens is 228 g/mol. The quantitative estimate of drug-likeness (QED) is 0.702. The third-order valence-electron chi connectivity index (χ3n) is 2.00. The maximum absolute atomic E-state index is 5.54. The lowest BCUT2D eigenvalue weighted by atomic mass is 10.2. The first-order valence-electron chi connectivity index (χ1n) is 4.26. The molecule has 0 aliphatic heterocycles. The number of pyridine rings is 1. The molecule has 0 fully saturated rings. The Morgan fingerprint density at radius 3 is 3.07 bits per heavy atom. The highest BCUT2D eigenvalue weighted by Crippen LogP contribution is 2.25. The van der Waals surface area contributed by atoms with Crippen LogP contribution in [0.2, 0.25) is 0 Å². The molecular formula is C9H6N4S2. The van der Waals surface area contributed by atoms with E-state index in [0.29, 0.717) is 11.0 Å². The fourth-order valence-electron chi connectivity index (χ4n) is 1.32. The second-order valence-corrected chi connectivity index (χ2v) is 4.72. The number of anilines is 1. The molecule has 0 aliphatic rings. The van der Waals surface area contributed by atoms with Gasteiger partial charge in [-0.2, -0.15) is 9.36 Å². The SMILES string of the molecule is Nc1nc(-c2cnc3ccsc3c2)ns1. The van der Waals surface area contributed by atoms with Crippen molar-refractivity contribution < 1.29 is 0 Å². The summed E-state index contributed by atoms with van der Waals surface area (Å²) in [6, 6.07) is 4.03. The van der Waals surface area contributed by atoms with Crippen molar-refractivity contribution in [2.45, 2.75) is 0 Å². The largest absolute Gasteiger partial charge is 0.374 e. The molecule has 0 saturated heterocycles. The summed E-state index contributed by atoms with van der Waals surface area (Å²) in [6.07, 6.45) is 1.77. The van der Waals surface area contributed by atoms with Gasteiger partial charge in [0.25, 0.3) is 0 Å². The van der Waals surface area contributed by atoms with Gasteiger partial charge in [-0.3, -0.25) is 4.98 Å². The van der Waals surface area contributed by atoms with Crippen molar-refractivity contribution >= 4 is 38.2 Å². The summed E-state index contributed by atoms with van der Waals surface area (Å²) in [5.41, 5.74) is 7.46. The van der Waals surface area contributed by atoms with Gasteiger partial charge in [-0.25, -0.2) is 0 Å². The second-order valence-electron chi connectivity index (χ2n) is 2.98. The molecule has 4 nitrogen and oxygen atoms in total. The van der Waals surface area contributed by atoms with Crippen molar-refractivity contribution in [3.8, 4) is 11.4 Å². The molecule has 0 bridgehead atoms. The fraction of sp³-hybridized carbons (Fsp3) is 0. The second kappa shape index (κ2) is 3.25. The van der Waals surface area contributed by atoms with Gasteiger partial charge in [0, 0.05) is 23.3 Å². The predicted octanol–water partition coefficient (Wildman–Crippen LogP) is 2.40. The van der Waals surface area contributed by atoms with E-state index in [0.717, 1.165) is 15.8 Å². The van der Waals surface area contributed by atoms with Crippen LogP contribution in [0.25, 0.3) is 21.6 Å². The highest BCUT2D eigenvalue weighted by molar-refractivity contribution is 7.17. The minimum Gasteiger partial charge on any atom is -0.374 e. The third kappa shape index (κ3) is 1.47. The van der Waals surface area contributed by atoms with Gasteiger partial charge in [0.2, 0.25) is 0 Å². The summed E-state index contributed by atoms with van der Waals surface area (Å²) < 4.78 is 5.29. The van der Waals surface area contributed by atoms with Gasteiger partial charge in [-0.15, -0.1) is 11.3 Å². The Morgan fingerprint density at radius 1 is 1.33 bits per heavy atom. The number of aromatic nitrogens is 3. The zero-order valence-electron chi connectivity index (χ0n) is 7.54. The molecule has 0 aromatic carbocycles. The summed E-state index contributed by atoms with van der Waals surface area (Å²) >= 11 is 2.86. The Morgan fingerprint density at radius 2 is 2.27 bits per heavy atom. The van der Waals surface area contributed by atoms with Crippen molar-refractivity contribution in [2.75, 3.05) is 5.73 Å². The third-order valence-corrected chi connectivity index (χ3v) is 3.40. The zero-order chi connectivity index (χ0) is 10.3. The molecule has 2 N–H and O–H groups in total. The van der Waals surface area contributed by atoms with Gasteiger partial charge >= 0.3 is 0 Å². The number of nitrogens with two attached hydrogens (primary N) is 1. The Labute approximate surface area is 93.6 Å². The Hall–Kier alpha value is -1.53. The van der Waals surface area contributed by atoms with Crippen molar-refractivity contribution in [3.63, 3.8) is 0 Å². The number of hydrogen-bond donors (Lipinski definition) is 1. The summed E-state index contributed by atoms with van der Waals surface area (Å²) in [5, 5.41) is 2.50. The molecule has 3 aromatic rings. The van der Waals surface area contributed by atoms with E-state index in [1.165, 1.54) is 11.5 Å². The molecule has 0 saturated carbocycles. The number of nitrogen functional groups attached to an aromatic ring is 1. The first-order valence-corrected chi connectivity index (χ1v) is 5.91. The van der Waals surface area contributed by atoms with E-state index >= 15 is 0 Å². The van der Waals surface area contributed by atoms with E-state index in [2.05, 4.69) is 14.3 Å². The molecule has 0 radical (unpaired) electrons. The molecule has 74 valence electrons. The molecule has 0 aliphatic carbocycles. The monoisotopic (exact) mass is 234 g/mol. The molecule has 3 heterocycles. The van der Waals surface area contributed by atoms with E-state index in [1.807, 2.05) is 17.5 Å². The van der Waals surface area contributed by atoms with Crippen molar-refractivity contribution in [1.29, 1.82) is 0 Å². The Kier molecular flexibility index (Phi) is 1.90. The number of nitrogens with zero attached hydrogens (tertiary/aromatic N) is 3. The number of fused-ring (bicyclic) bond motifs is 1. The maximum Gasteiger partial charge on any atom is 0.200 e. The predicted molar refractivity (Wildman–Crippen MR) is 62.9 cm³/mol. The molecule has 0 spiro atoms. The van der Waals surface area contributed by atoms with Crippen LogP contribution in [0.1, 0.15) is 0 Å². The van der Waals surface area contributed by atoms with E-state index in [4.69, 9.17) is 5.73 Å². The summed E-state index contributed by atoms with van der Waals surface area (Å²) in [7, 11) is 0. The first-order chi connectivity index (χ1) is 7.33. The van der Waals surface area contributed by atoms with Crippen molar-refractivity contribution in [2.24, 2.45) is 0 Å². The lowest BCUT2D eigenvalue weighted by molar-refractivity contribution is 1.31. The van der Waals surface area contributed by atoms with Crippen LogP contribution in [0.3, 0.4) is 0 Å². The van der Waals surface area contributed by atoms with Gasteiger partial charge in [0.05, 0.1) is 10.2 Å². The van der Waals surface area contributed by atoms with Crippen LogP contribution in [0.5, 0.6) is 0 Å². The highest BCUT2D eigenvalue weighted by atomic mass is 32.1. The molecule has 15 heavy (non-hydrogen) atoms. The van der Waals surface area contributed by atoms with E-state index < -0.39 is 0 Å². The zero-order valence-corrected chi connectivity index (χ0v) is 9.18. The van der Waals surface area contributed by atoms with Crippen LogP contribution < -0.4 is 5.73 Å². The van der Waals surface area contributed by atoms with E-state index in [1.54, 1.807) is 17.5 Å². The molecule has 3 aromatic heterocycles. The molecule has 0 atom stereocenters.